The lowest BCUT2D eigenvalue weighted by Crippen LogP contribution is -2.42. The van der Waals surface area contributed by atoms with Gasteiger partial charge in [-0.1, -0.05) is 18.2 Å². The van der Waals surface area contributed by atoms with Crippen LogP contribution in [0.1, 0.15) is 58.8 Å². The molecule has 1 aromatic carbocycles. The van der Waals surface area contributed by atoms with Crippen LogP contribution in [-0.4, -0.2) is 31.2 Å². The summed E-state index contributed by atoms with van der Waals surface area (Å²) in [5.74, 6) is -0.00456. The van der Waals surface area contributed by atoms with Crippen molar-refractivity contribution in [3.8, 4) is 0 Å². The van der Waals surface area contributed by atoms with E-state index < -0.39 is 0 Å². The molecule has 0 N–H and O–H groups in total. The summed E-state index contributed by atoms with van der Waals surface area (Å²) in [5, 5.41) is 0. The highest BCUT2D eigenvalue weighted by Gasteiger charge is 2.36. The molecule has 3 rings (SSSR count). The smallest absolute Gasteiger partial charge is 0.307 e. The molecule has 0 unspecified atom stereocenters. The van der Waals surface area contributed by atoms with Gasteiger partial charge in [0.05, 0.1) is 26.1 Å². The fourth-order valence-electron chi connectivity index (χ4n) is 4.59. The molecular formula is C23H31NO4. The van der Waals surface area contributed by atoms with Gasteiger partial charge in [-0.25, -0.2) is 0 Å². The number of nitrogens with zero attached hydrogens (tertiary/aromatic N) is 1. The highest BCUT2D eigenvalue weighted by Crippen LogP contribution is 2.44. The molecule has 152 valence electrons. The van der Waals surface area contributed by atoms with Crippen LogP contribution < -0.4 is 4.90 Å². The molecule has 5 heteroatoms. The standard InChI is InChI=1S/C23H31NO4/c1-3-27-22(25)15-17-9-8-12-21-20(17)14-13-19(16-23(26)28-4-2)24(21)18-10-6-5-7-11-18/h5-7,10-11,17,19H,3-4,8-9,12-16H2,1-2H3/t17-,19+/m0/s1. The lowest BCUT2D eigenvalue weighted by molar-refractivity contribution is -0.144. The van der Waals surface area contributed by atoms with Gasteiger partial charge in [0.1, 0.15) is 0 Å². The number of rotatable bonds is 7. The van der Waals surface area contributed by atoms with Crippen molar-refractivity contribution in [3.05, 3.63) is 41.6 Å². The molecular weight excluding hydrogens is 354 g/mol. The molecule has 0 amide bonds. The number of esters is 2. The molecule has 1 aliphatic heterocycles. The minimum atomic E-state index is -0.142. The molecule has 0 spiro atoms. The molecule has 1 heterocycles. The van der Waals surface area contributed by atoms with E-state index in [1.165, 1.54) is 11.3 Å². The van der Waals surface area contributed by atoms with Crippen molar-refractivity contribution in [2.24, 2.45) is 5.92 Å². The summed E-state index contributed by atoms with van der Waals surface area (Å²) in [5.41, 5.74) is 3.79. The lowest BCUT2D eigenvalue weighted by Gasteiger charge is -2.44. The summed E-state index contributed by atoms with van der Waals surface area (Å²) in [6.45, 7) is 4.53. The summed E-state index contributed by atoms with van der Waals surface area (Å²) in [6.07, 6.45) is 5.75. The molecule has 0 aromatic heterocycles. The molecule has 2 aliphatic rings. The highest BCUT2D eigenvalue weighted by atomic mass is 16.5. The SMILES string of the molecule is CCOC(=O)C[C@@H]1CCCC2=C1CC[C@H](CC(=O)OCC)N2c1ccccc1. The zero-order valence-electron chi connectivity index (χ0n) is 17.0. The van der Waals surface area contributed by atoms with Gasteiger partial charge in [0.2, 0.25) is 0 Å². The number of allylic oxidation sites excluding steroid dienone is 2. The minimum absolute atomic E-state index is 0.0987. The van der Waals surface area contributed by atoms with E-state index in [1.54, 1.807) is 0 Å². The van der Waals surface area contributed by atoms with E-state index in [0.29, 0.717) is 26.1 Å². The van der Waals surface area contributed by atoms with Crippen LogP contribution in [-0.2, 0) is 19.1 Å². The molecule has 1 aromatic rings. The Balaban J connectivity index is 1.90. The van der Waals surface area contributed by atoms with E-state index in [4.69, 9.17) is 9.47 Å². The number of benzene rings is 1. The van der Waals surface area contributed by atoms with Crippen molar-refractivity contribution in [3.63, 3.8) is 0 Å². The van der Waals surface area contributed by atoms with Crippen LogP contribution >= 0.6 is 0 Å². The highest BCUT2D eigenvalue weighted by molar-refractivity contribution is 5.72. The van der Waals surface area contributed by atoms with Crippen LogP contribution in [0.2, 0.25) is 0 Å². The fraction of sp³-hybridized carbons (Fsp3) is 0.565. The molecule has 0 bridgehead atoms. The summed E-state index contributed by atoms with van der Waals surface area (Å²) in [6, 6.07) is 10.4. The Morgan fingerprint density at radius 1 is 0.964 bits per heavy atom. The van der Waals surface area contributed by atoms with E-state index in [0.717, 1.165) is 37.8 Å². The molecule has 28 heavy (non-hydrogen) atoms. The molecule has 2 atom stereocenters. The lowest BCUT2D eigenvalue weighted by atomic mass is 9.77. The number of para-hydroxylation sites is 1. The van der Waals surface area contributed by atoms with Crippen molar-refractivity contribution < 1.29 is 19.1 Å². The second-order valence-corrected chi connectivity index (χ2v) is 7.48. The number of ether oxygens (including phenoxy) is 2. The summed E-state index contributed by atoms with van der Waals surface area (Å²) < 4.78 is 10.4. The third kappa shape index (κ3) is 4.75. The predicted octanol–water partition coefficient (Wildman–Crippen LogP) is 4.62. The third-order valence-electron chi connectivity index (χ3n) is 5.69. The van der Waals surface area contributed by atoms with Crippen molar-refractivity contribution in [2.75, 3.05) is 18.1 Å². The first-order valence-electron chi connectivity index (χ1n) is 10.5. The summed E-state index contributed by atoms with van der Waals surface area (Å²) >= 11 is 0. The largest absolute Gasteiger partial charge is 0.466 e. The summed E-state index contributed by atoms with van der Waals surface area (Å²) in [7, 11) is 0. The van der Waals surface area contributed by atoms with Gasteiger partial charge in [-0.3, -0.25) is 9.59 Å². The third-order valence-corrected chi connectivity index (χ3v) is 5.69. The van der Waals surface area contributed by atoms with Gasteiger partial charge < -0.3 is 14.4 Å². The van der Waals surface area contributed by atoms with Gasteiger partial charge in [-0.05, 0) is 69.6 Å². The van der Waals surface area contributed by atoms with Crippen molar-refractivity contribution >= 4 is 17.6 Å². The number of hydrogen-bond donors (Lipinski definition) is 0. The topological polar surface area (TPSA) is 55.8 Å². The molecule has 5 nitrogen and oxygen atoms in total. The van der Waals surface area contributed by atoms with Gasteiger partial charge in [0, 0.05) is 17.4 Å². The Kier molecular flexibility index (Phi) is 7.12. The average molecular weight is 386 g/mol. The second-order valence-electron chi connectivity index (χ2n) is 7.48. The Morgan fingerprint density at radius 3 is 2.32 bits per heavy atom. The Bertz CT molecular complexity index is 713. The Morgan fingerprint density at radius 2 is 1.64 bits per heavy atom. The van der Waals surface area contributed by atoms with Crippen molar-refractivity contribution in [1.29, 1.82) is 0 Å². The van der Waals surface area contributed by atoms with Crippen LogP contribution in [0.4, 0.5) is 5.69 Å². The van der Waals surface area contributed by atoms with Crippen molar-refractivity contribution in [2.45, 2.75) is 64.8 Å². The van der Waals surface area contributed by atoms with E-state index in [2.05, 4.69) is 17.0 Å². The van der Waals surface area contributed by atoms with Gasteiger partial charge in [0.25, 0.3) is 0 Å². The predicted molar refractivity (Wildman–Crippen MR) is 109 cm³/mol. The van der Waals surface area contributed by atoms with E-state index in [9.17, 15) is 9.59 Å². The van der Waals surface area contributed by atoms with E-state index >= 15 is 0 Å². The first-order chi connectivity index (χ1) is 13.6. The van der Waals surface area contributed by atoms with Crippen LogP contribution in [0, 0.1) is 5.92 Å². The number of carbonyl (C=O) groups is 2. The number of carbonyl (C=O) groups excluding carboxylic acids is 2. The van der Waals surface area contributed by atoms with E-state index in [1.807, 2.05) is 32.0 Å². The van der Waals surface area contributed by atoms with Gasteiger partial charge >= 0.3 is 11.9 Å². The van der Waals surface area contributed by atoms with Crippen LogP contribution in [0.25, 0.3) is 0 Å². The normalized spacial score (nSPS) is 21.9. The average Bonchev–Trinajstić information content (AvgIpc) is 2.69. The first kappa shape index (κ1) is 20.4. The van der Waals surface area contributed by atoms with E-state index in [-0.39, 0.29) is 23.9 Å². The molecule has 0 saturated heterocycles. The maximum absolute atomic E-state index is 12.2. The monoisotopic (exact) mass is 385 g/mol. The molecule has 0 fully saturated rings. The zero-order chi connectivity index (χ0) is 19.9. The minimum Gasteiger partial charge on any atom is -0.466 e. The second kappa shape index (κ2) is 9.76. The van der Waals surface area contributed by atoms with Crippen LogP contribution in [0.15, 0.2) is 41.6 Å². The quantitative estimate of drug-likeness (QED) is 0.641. The van der Waals surface area contributed by atoms with Gasteiger partial charge in [-0.2, -0.15) is 0 Å². The Hall–Kier alpha value is -2.30. The van der Waals surface area contributed by atoms with Gasteiger partial charge in [-0.15, -0.1) is 0 Å². The van der Waals surface area contributed by atoms with Crippen molar-refractivity contribution in [1.82, 2.24) is 0 Å². The fourth-order valence-corrected chi connectivity index (χ4v) is 4.59. The number of anilines is 1. The summed E-state index contributed by atoms with van der Waals surface area (Å²) in [4.78, 5) is 26.6. The van der Waals surface area contributed by atoms with Crippen LogP contribution in [0.3, 0.4) is 0 Å². The number of hydrogen-bond acceptors (Lipinski definition) is 5. The van der Waals surface area contributed by atoms with Crippen LogP contribution in [0.5, 0.6) is 0 Å². The molecule has 1 aliphatic carbocycles. The molecule has 0 radical (unpaired) electrons. The zero-order valence-corrected chi connectivity index (χ0v) is 17.0. The maximum atomic E-state index is 12.2. The van der Waals surface area contributed by atoms with Gasteiger partial charge in [0.15, 0.2) is 0 Å². The first-order valence-corrected chi connectivity index (χ1v) is 10.5. The Labute approximate surface area is 167 Å². The maximum Gasteiger partial charge on any atom is 0.307 e. The molecule has 0 saturated carbocycles.